The topological polar surface area (TPSA) is 68.2 Å². The van der Waals surface area contributed by atoms with Crippen LogP contribution in [-0.4, -0.2) is 9.67 Å². The van der Waals surface area contributed by atoms with Crippen molar-refractivity contribution < 1.29 is 5.11 Å². The first-order chi connectivity index (χ1) is 5.13. The second-order valence-electron chi connectivity index (χ2n) is 2.31. The van der Waals surface area contributed by atoms with E-state index in [2.05, 4.69) is 0 Å². The summed E-state index contributed by atoms with van der Waals surface area (Å²) in [4.78, 5) is 11.1. The van der Waals surface area contributed by atoms with E-state index in [1.165, 1.54) is 19.2 Å². The molecule has 0 aromatic carbocycles. The lowest BCUT2D eigenvalue weighted by molar-refractivity contribution is 0.121. The lowest BCUT2D eigenvalue weighted by atomic mass is 10.4. The molecule has 3 N–H and O–H groups in total. The smallest absolute Gasteiger partial charge is 0.275 e. The first kappa shape index (κ1) is 7.81. The van der Waals surface area contributed by atoms with Crippen LogP contribution < -0.4 is 11.3 Å². The maximum absolute atomic E-state index is 11.1. The summed E-state index contributed by atoms with van der Waals surface area (Å²) in [7, 11) is 0. The number of aliphatic hydroxyl groups is 1. The molecule has 0 saturated carbocycles. The van der Waals surface area contributed by atoms with Crippen LogP contribution in [0.3, 0.4) is 0 Å². The van der Waals surface area contributed by atoms with Gasteiger partial charge in [0, 0.05) is 6.20 Å². The van der Waals surface area contributed by atoms with Crippen LogP contribution in [0.5, 0.6) is 0 Å². The highest BCUT2D eigenvalue weighted by Gasteiger charge is 2.02. The molecule has 60 valence electrons. The number of nitrogens with zero attached hydrogens (tertiary/aromatic N) is 1. The molecule has 0 saturated heterocycles. The molecule has 1 rings (SSSR count). The van der Waals surface area contributed by atoms with Gasteiger partial charge in [-0.1, -0.05) is 0 Å². The number of nitrogens with two attached hydrogens (primary N) is 1. The predicted molar refractivity (Wildman–Crippen MR) is 42.0 cm³/mol. The highest BCUT2D eigenvalue weighted by atomic mass is 16.3. The summed E-state index contributed by atoms with van der Waals surface area (Å²) in [6.45, 7) is 1.50. The zero-order chi connectivity index (χ0) is 8.43. The van der Waals surface area contributed by atoms with Gasteiger partial charge in [-0.15, -0.1) is 0 Å². The zero-order valence-corrected chi connectivity index (χ0v) is 6.19. The Bertz CT molecular complexity index is 304. The van der Waals surface area contributed by atoms with Gasteiger partial charge in [0.1, 0.15) is 6.23 Å². The van der Waals surface area contributed by atoms with E-state index in [-0.39, 0.29) is 11.2 Å². The molecular formula is C7H10N2O2. The molecule has 11 heavy (non-hydrogen) atoms. The molecule has 1 heterocycles. The fourth-order valence-electron chi connectivity index (χ4n) is 0.822. The molecule has 0 spiro atoms. The molecule has 1 aromatic heterocycles. The fraction of sp³-hybridized carbons (Fsp3) is 0.286. The van der Waals surface area contributed by atoms with E-state index >= 15 is 0 Å². The Morgan fingerprint density at radius 2 is 2.36 bits per heavy atom. The number of pyridine rings is 1. The summed E-state index contributed by atoms with van der Waals surface area (Å²) >= 11 is 0. The maximum Gasteiger partial charge on any atom is 0.275 e. The van der Waals surface area contributed by atoms with Gasteiger partial charge in [0.15, 0.2) is 0 Å². The van der Waals surface area contributed by atoms with Crippen LogP contribution in [0.15, 0.2) is 23.1 Å². The van der Waals surface area contributed by atoms with Crippen molar-refractivity contribution in [3.05, 3.63) is 28.7 Å². The summed E-state index contributed by atoms with van der Waals surface area (Å²) in [6.07, 6.45) is 0.662. The number of hydrogen-bond acceptors (Lipinski definition) is 3. The molecular weight excluding hydrogens is 144 g/mol. The lowest BCUT2D eigenvalue weighted by Crippen LogP contribution is -2.24. The summed E-state index contributed by atoms with van der Waals surface area (Å²) in [5, 5.41) is 9.04. The molecule has 0 amide bonds. The molecule has 0 fully saturated rings. The first-order valence-electron chi connectivity index (χ1n) is 3.27. The largest absolute Gasteiger partial charge is 0.394 e. The quantitative estimate of drug-likeness (QED) is 0.595. The van der Waals surface area contributed by atoms with Gasteiger partial charge in [-0.25, -0.2) is 0 Å². The molecule has 4 heteroatoms. The number of aromatic nitrogens is 1. The van der Waals surface area contributed by atoms with E-state index in [9.17, 15) is 4.79 Å². The number of anilines is 1. The summed E-state index contributed by atoms with van der Waals surface area (Å²) in [5.41, 5.74) is 5.10. The van der Waals surface area contributed by atoms with Crippen molar-refractivity contribution in [2.45, 2.75) is 13.2 Å². The number of rotatable bonds is 1. The second-order valence-corrected chi connectivity index (χ2v) is 2.31. The Labute approximate surface area is 63.9 Å². The van der Waals surface area contributed by atoms with Gasteiger partial charge < -0.3 is 10.8 Å². The van der Waals surface area contributed by atoms with Gasteiger partial charge in [-0.3, -0.25) is 9.36 Å². The third-order valence-corrected chi connectivity index (χ3v) is 1.41. The number of hydrogen-bond donors (Lipinski definition) is 2. The van der Waals surface area contributed by atoms with Gasteiger partial charge in [-0.05, 0) is 19.1 Å². The molecule has 0 aliphatic heterocycles. The molecule has 0 aliphatic rings. The van der Waals surface area contributed by atoms with E-state index in [1.54, 1.807) is 6.07 Å². The van der Waals surface area contributed by atoms with Crippen molar-refractivity contribution in [1.29, 1.82) is 0 Å². The van der Waals surface area contributed by atoms with E-state index in [4.69, 9.17) is 10.8 Å². The minimum Gasteiger partial charge on any atom is -0.394 e. The van der Waals surface area contributed by atoms with Crippen LogP contribution in [0.1, 0.15) is 13.2 Å². The lowest BCUT2D eigenvalue weighted by Gasteiger charge is -2.07. The van der Waals surface area contributed by atoms with Crippen molar-refractivity contribution in [3.63, 3.8) is 0 Å². The monoisotopic (exact) mass is 154 g/mol. The molecule has 4 nitrogen and oxygen atoms in total. The van der Waals surface area contributed by atoms with Gasteiger partial charge in [0.05, 0.1) is 5.69 Å². The molecule has 0 aliphatic carbocycles. The predicted octanol–water partition coefficient (Wildman–Crippen LogP) is -0.0587. The van der Waals surface area contributed by atoms with Crippen LogP contribution in [-0.2, 0) is 0 Å². The molecule has 1 aromatic rings. The fourth-order valence-corrected chi connectivity index (χ4v) is 0.822. The minimum absolute atomic E-state index is 0.147. The van der Waals surface area contributed by atoms with Crippen LogP contribution in [0.25, 0.3) is 0 Å². The van der Waals surface area contributed by atoms with Gasteiger partial charge in [0.2, 0.25) is 0 Å². The second kappa shape index (κ2) is 2.75. The number of aliphatic hydroxyl groups excluding tert-OH is 1. The van der Waals surface area contributed by atoms with Crippen molar-refractivity contribution in [1.82, 2.24) is 4.57 Å². The minimum atomic E-state index is -0.828. The average Bonchev–Trinajstić information content (AvgIpc) is 1.94. The summed E-state index contributed by atoms with van der Waals surface area (Å²) in [5.74, 6) is 0. The van der Waals surface area contributed by atoms with Gasteiger partial charge in [0.25, 0.3) is 5.56 Å². The Kier molecular flexibility index (Phi) is 1.96. The normalized spacial score (nSPS) is 12.9. The van der Waals surface area contributed by atoms with E-state index in [1.807, 2.05) is 0 Å². The van der Waals surface area contributed by atoms with Crippen molar-refractivity contribution in [3.8, 4) is 0 Å². The van der Waals surface area contributed by atoms with Crippen molar-refractivity contribution in [2.24, 2.45) is 0 Å². The SMILES string of the molecule is CC(O)n1cccc(N)c1=O. The highest BCUT2D eigenvalue weighted by Crippen LogP contribution is 1.98. The average molecular weight is 154 g/mol. The van der Waals surface area contributed by atoms with Crippen molar-refractivity contribution in [2.75, 3.05) is 5.73 Å². The maximum atomic E-state index is 11.1. The third kappa shape index (κ3) is 1.40. The van der Waals surface area contributed by atoms with Crippen LogP contribution >= 0.6 is 0 Å². The Morgan fingerprint density at radius 3 is 2.82 bits per heavy atom. The Hall–Kier alpha value is -1.29. The molecule has 1 atom stereocenters. The molecule has 1 unspecified atom stereocenters. The summed E-state index contributed by atoms with van der Waals surface area (Å²) in [6, 6.07) is 3.12. The van der Waals surface area contributed by atoms with E-state index < -0.39 is 6.23 Å². The first-order valence-corrected chi connectivity index (χ1v) is 3.27. The van der Waals surface area contributed by atoms with E-state index in [0.29, 0.717) is 0 Å². The highest BCUT2D eigenvalue weighted by molar-refractivity contribution is 5.33. The summed E-state index contributed by atoms with van der Waals surface area (Å²) < 4.78 is 1.16. The van der Waals surface area contributed by atoms with Crippen molar-refractivity contribution >= 4 is 5.69 Å². The van der Waals surface area contributed by atoms with Crippen LogP contribution in [0.2, 0.25) is 0 Å². The molecule has 0 bridgehead atoms. The van der Waals surface area contributed by atoms with Crippen LogP contribution in [0.4, 0.5) is 5.69 Å². The zero-order valence-electron chi connectivity index (χ0n) is 6.19. The van der Waals surface area contributed by atoms with Crippen LogP contribution in [0, 0.1) is 0 Å². The standard InChI is InChI=1S/C7H10N2O2/c1-5(10)9-4-2-3-6(8)7(9)11/h2-5,10H,8H2,1H3. The van der Waals surface area contributed by atoms with E-state index in [0.717, 1.165) is 4.57 Å². The number of nitrogen functional groups attached to an aromatic ring is 1. The molecule has 0 radical (unpaired) electrons. The third-order valence-electron chi connectivity index (χ3n) is 1.41. The van der Waals surface area contributed by atoms with Gasteiger partial charge in [-0.2, -0.15) is 0 Å². The van der Waals surface area contributed by atoms with Gasteiger partial charge >= 0.3 is 0 Å². The Balaban J connectivity index is 3.28. The Morgan fingerprint density at radius 1 is 1.73 bits per heavy atom.